The molecule has 4 rings (SSSR count). The third kappa shape index (κ3) is 8.49. The molecule has 8 nitrogen and oxygen atoms in total. The summed E-state index contributed by atoms with van der Waals surface area (Å²) in [7, 11) is 0. The van der Waals surface area contributed by atoms with Crippen molar-refractivity contribution in [2.24, 2.45) is 11.8 Å². The number of nitrogens with zero attached hydrogens (tertiary/aromatic N) is 2. The van der Waals surface area contributed by atoms with E-state index >= 15 is 0 Å². The summed E-state index contributed by atoms with van der Waals surface area (Å²) >= 11 is 12.5. The number of nitrogens with one attached hydrogen (secondary N) is 1. The average molecular weight is 597 g/mol. The zero-order valence-electron chi connectivity index (χ0n) is 23.9. The molecule has 1 aromatic carbocycles. The van der Waals surface area contributed by atoms with Gasteiger partial charge >= 0.3 is 12.1 Å². The number of piperazine rings is 1. The van der Waals surface area contributed by atoms with Crippen LogP contribution in [-0.4, -0.2) is 78.2 Å². The van der Waals surface area contributed by atoms with Crippen LogP contribution in [0.5, 0.6) is 0 Å². The maximum Gasteiger partial charge on any atom is 0.408 e. The van der Waals surface area contributed by atoms with Crippen molar-refractivity contribution in [3.05, 3.63) is 33.8 Å². The summed E-state index contributed by atoms with van der Waals surface area (Å²) < 4.78 is 11.2. The Morgan fingerprint density at radius 3 is 2.33 bits per heavy atom. The second-order valence-electron chi connectivity index (χ2n) is 12.4. The monoisotopic (exact) mass is 595 g/mol. The van der Waals surface area contributed by atoms with Gasteiger partial charge < -0.3 is 19.7 Å². The van der Waals surface area contributed by atoms with Gasteiger partial charge in [0.25, 0.3) is 0 Å². The Balaban J connectivity index is 1.37. The smallest absolute Gasteiger partial charge is 0.408 e. The molecule has 222 valence electrons. The van der Waals surface area contributed by atoms with Gasteiger partial charge in [0.05, 0.1) is 12.5 Å². The molecule has 0 spiro atoms. The number of halogens is 2. The van der Waals surface area contributed by atoms with Gasteiger partial charge in [-0.05, 0) is 64.2 Å². The van der Waals surface area contributed by atoms with Gasteiger partial charge in [0.1, 0.15) is 11.6 Å². The minimum absolute atomic E-state index is 0.0321. The lowest BCUT2D eigenvalue weighted by Crippen LogP contribution is -2.58. The van der Waals surface area contributed by atoms with Crippen molar-refractivity contribution in [1.82, 2.24) is 15.1 Å². The molecular weight excluding hydrogens is 553 g/mol. The molecule has 0 aromatic heterocycles. The van der Waals surface area contributed by atoms with E-state index in [4.69, 9.17) is 32.7 Å². The highest BCUT2D eigenvalue weighted by Gasteiger charge is 2.36. The number of ether oxygens (including phenoxy) is 2. The van der Waals surface area contributed by atoms with Crippen molar-refractivity contribution in [2.75, 3.05) is 32.8 Å². The fourth-order valence-electron chi connectivity index (χ4n) is 5.87. The maximum atomic E-state index is 13.7. The van der Waals surface area contributed by atoms with Crippen LogP contribution in [0.15, 0.2) is 18.2 Å². The second-order valence-corrected chi connectivity index (χ2v) is 13.2. The van der Waals surface area contributed by atoms with E-state index in [9.17, 15) is 14.4 Å². The average Bonchev–Trinajstić information content (AvgIpc) is 2.86. The van der Waals surface area contributed by atoms with Crippen molar-refractivity contribution < 1.29 is 23.9 Å². The molecule has 1 N–H and O–H groups in total. The number of hydrogen-bond acceptors (Lipinski definition) is 6. The second kappa shape index (κ2) is 13.8. The first-order valence-corrected chi connectivity index (χ1v) is 15.4. The molecule has 1 aliphatic heterocycles. The van der Waals surface area contributed by atoms with Crippen LogP contribution in [0.1, 0.15) is 71.3 Å². The van der Waals surface area contributed by atoms with Gasteiger partial charge in [-0.15, -0.1) is 0 Å². The summed E-state index contributed by atoms with van der Waals surface area (Å²) in [5, 5.41) is 3.74. The lowest BCUT2D eigenvalue weighted by atomic mass is 9.83. The molecule has 1 heterocycles. The Labute approximate surface area is 248 Å². The summed E-state index contributed by atoms with van der Waals surface area (Å²) in [4.78, 5) is 43.0. The van der Waals surface area contributed by atoms with Crippen LogP contribution in [0.3, 0.4) is 0 Å². The van der Waals surface area contributed by atoms with Crippen molar-refractivity contribution in [1.29, 1.82) is 0 Å². The largest absolute Gasteiger partial charge is 0.465 e. The molecule has 3 atom stereocenters. The number of carbonyl (C=O) groups excluding carboxylic acids is 3. The third-order valence-corrected chi connectivity index (χ3v) is 8.86. The van der Waals surface area contributed by atoms with E-state index in [0.717, 1.165) is 57.2 Å². The van der Waals surface area contributed by atoms with Crippen LogP contribution >= 0.6 is 23.2 Å². The Bertz CT molecular complexity index is 1050. The molecule has 10 heteroatoms. The predicted molar refractivity (Wildman–Crippen MR) is 156 cm³/mol. The first kappa shape index (κ1) is 30.9. The summed E-state index contributed by atoms with van der Waals surface area (Å²) in [6, 6.07) is 4.66. The fraction of sp³-hybridized carbons (Fsp3) is 0.700. The lowest BCUT2D eigenvalue weighted by Gasteiger charge is -2.44. The number of alkyl carbamates (subject to hydrolysis) is 1. The Morgan fingerprint density at radius 2 is 1.70 bits per heavy atom. The molecule has 1 saturated heterocycles. The summed E-state index contributed by atoms with van der Waals surface area (Å²) in [5.41, 5.74) is 0.0323. The normalized spacial score (nSPS) is 23.2. The third-order valence-electron chi connectivity index (χ3n) is 8.27. The molecule has 40 heavy (non-hydrogen) atoms. The van der Waals surface area contributed by atoms with Gasteiger partial charge in [0, 0.05) is 54.6 Å². The number of esters is 1. The maximum absolute atomic E-state index is 13.7. The van der Waals surface area contributed by atoms with Crippen LogP contribution in [-0.2, 0) is 25.5 Å². The van der Waals surface area contributed by atoms with Crippen LogP contribution < -0.4 is 5.32 Å². The fourth-order valence-corrected chi connectivity index (χ4v) is 6.35. The van der Waals surface area contributed by atoms with Gasteiger partial charge in [-0.2, -0.15) is 0 Å². The number of carbonyl (C=O) groups is 3. The van der Waals surface area contributed by atoms with Gasteiger partial charge in [-0.1, -0.05) is 48.5 Å². The molecule has 3 aliphatic rings. The molecule has 2 amide bonds. The number of hydrogen-bond donors (Lipinski definition) is 1. The first-order chi connectivity index (χ1) is 19.0. The topological polar surface area (TPSA) is 88.2 Å². The highest BCUT2D eigenvalue weighted by Crippen LogP contribution is 2.32. The van der Waals surface area contributed by atoms with Gasteiger partial charge in [0.2, 0.25) is 5.91 Å². The SMILES string of the molecule is CC(C)(C)OC(=O)NC(Cc1ccc(Cl)cc1Cl)C(=O)N1CCN([C@@H]2CCCC[C@H]2COC(=O)C2CCC2)CC1. The molecule has 2 aliphatic carbocycles. The van der Waals surface area contributed by atoms with Crippen LogP contribution in [0.25, 0.3) is 0 Å². The highest BCUT2D eigenvalue weighted by molar-refractivity contribution is 6.35. The summed E-state index contributed by atoms with van der Waals surface area (Å²) in [6.45, 7) is 8.44. The lowest BCUT2D eigenvalue weighted by molar-refractivity contribution is -0.154. The van der Waals surface area contributed by atoms with E-state index in [-0.39, 0.29) is 24.2 Å². The standard InChI is InChI=1S/C30H43Cl2N3O5/c1-30(2,3)40-29(38)33-25(17-21-11-12-23(31)18-24(21)32)27(36)35-15-13-34(14-16-35)26-10-5-4-7-22(26)19-39-28(37)20-8-6-9-20/h11-12,18,20,22,25-26H,4-10,13-17,19H2,1-3H3,(H,33,38)/t22-,25?,26+/m0/s1. The molecule has 1 unspecified atom stereocenters. The zero-order chi connectivity index (χ0) is 28.9. The van der Waals surface area contributed by atoms with Crippen LogP contribution in [0.4, 0.5) is 4.79 Å². The van der Waals surface area contributed by atoms with E-state index in [1.165, 1.54) is 6.42 Å². The molecule has 0 radical (unpaired) electrons. The molecule has 0 bridgehead atoms. The summed E-state index contributed by atoms with van der Waals surface area (Å²) in [6.07, 6.45) is 7.08. The van der Waals surface area contributed by atoms with E-state index < -0.39 is 17.7 Å². The molecular formula is C30H43Cl2N3O5. The van der Waals surface area contributed by atoms with E-state index in [1.807, 2.05) is 4.90 Å². The number of rotatable bonds is 8. The van der Waals surface area contributed by atoms with E-state index in [0.29, 0.717) is 41.7 Å². The summed E-state index contributed by atoms with van der Waals surface area (Å²) in [5.74, 6) is 0.233. The van der Waals surface area contributed by atoms with Crippen molar-refractivity contribution in [3.8, 4) is 0 Å². The molecule has 1 aromatic rings. The Kier molecular flexibility index (Phi) is 10.6. The van der Waals surface area contributed by atoms with Crippen LogP contribution in [0, 0.1) is 11.8 Å². The minimum Gasteiger partial charge on any atom is -0.465 e. The highest BCUT2D eigenvalue weighted by atomic mass is 35.5. The van der Waals surface area contributed by atoms with E-state index in [1.54, 1.807) is 39.0 Å². The number of amides is 2. The molecule has 3 fully saturated rings. The van der Waals surface area contributed by atoms with Gasteiger partial charge in [-0.25, -0.2) is 4.79 Å². The Morgan fingerprint density at radius 1 is 1.00 bits per heavy atom. The van der Waals surface area contributed by atoms with E-state index in [2.05, 4.69) is 10.2 Å². The van der Waals surface area contributed by atoms with Gasteiger partial charge in [0.15, 0.2) is 0 Å². The first-order valence-electron chi connectivity index (χ1n) is 14.6. The zero-order valence-corrected chi connectivity index (χ0v) is 25.4. The molecule has 2 saturated carbocycles. The van der Waals surface area contributed by atoms with Crippen molar-refractivity contribution in [3.63, 3.8) is 0 Å². The van der Waals surface area contributed by atoms with Crippen molar-refractivity contribution >= 4 is 41.2 Å². The van der Waals surface area contributed by atoms with Crippen molar-refractivity contribution in [2.45, 2.75) is 89.8 Å². The quantitative estimate of drug-likeness (QED) is 0.401. The predicted octanol–water partition coefficient (Wildman–Crippen LogP) is 5.48. The van der Waals surface area contributed by atoms with Gasteiger partial charge in [-0.3, -0.25) is 14.5 Å². The minimum atomic E-state index is -0.826. The Hall–Kier alpha value is -2.03. The van der Waals surface area contributed by atoms with Crippen LogP contribution in [0.2, 0.25) is 10.0 Å². The number of benzene rings is 1.